The predicted octanol–water partition coefficient (Wildman–Crippen LogP) is 1.69. The normalized spacial score (nSPS) is 14.4. The molecule has 0 saturated carbocycles. The summed E-state index contributed by atoms with van der Waals surface area (Å²) in [6.07, 6.45) is 1.19. The van der Waals surface area contributed by atoms with Gasteiger partial charge in [0.1, 0.15) is 12.8 Å². The van der Waals surface area contributed by atoms with Crippen LogP contribution in [-0.4, -0.2) is 47.0 Å². The molecule has 5 nitrogen and oxygen atoms in total. The molecule has 7 heteroatoms. The molecular formula is C14H21F2N3O2. The molecule has 0 aromatic carbocycles. The van der Waals surface area contributed by atoms with Crippen LogP contribution in [0.2, 0.25) is 0 Å². The zero-order chi connectivity index (χ0) is 16.0. The number of carbonyl (C=O) groups excluding carboxylic acids is 1. The Bertz CT molecular complexity index is 478. The quantitative estimate of drug-likeness (QED) is 0.716. The minimum atomic E-state index is -1.60. The van der Waals surface area contributed by atoms with Gasteiger partial charge in [-0.15, -0.1) is 0 Å². The molecule has 1 aromatic heterocycles. The van der Waals surface area contributed by atoms with Crippen LogP contribution >= 0.6 is 0 Å². The van der Waals surface area contributed by atoms with Crippen molar-refractivity contribution in [1.29, 1.82) is 0 Å². The zero-order valence-corrected chi connectivity index (χ0v) is 12.4. The first-order chi connectivity index (χ1) is 9.75. The average molecular weight is 301 g/mol. The van der Waals surface area contributed by atoms with Crippen LogP contribution in [-0.2, 0) is 0 Å². The molecule has 0 aliphatic heterocycles. The van der Waals surface area contributed by atoms with E-state index in [0.717, 1.165) is 0 Å². The molecule has 3 N–H and O–H groups in total. The molecule has 1 rings (SSSR count). The predicted molar refractivity (Wildman–Crippen MR) is 76.8 cm³/mol. The van der Waals surface area contributed by atoms with E-state index in [4.69, 9.17) is 0 Å². The van der Waals surface area contributed by atoms with Gasteiger partial charge in [0.15, 0.2) is 0 Å². The van der Waals surface area contributed by atoms with Gasteiger partial charge in [0.25, 0.3) is 5.91 Å². The number of carbonyl (C=O) groups is 1. The van der Waals surface area contributed by atoms with Crippen molar-refractivity contribution in [3.63, 3.8) is 0 Å². The molecule has 0 unspecified atom stereocenters. The third kappa shape index (κ3) is 5.26. The maximum atomic E-state index is 13.6. The number of pyridine rings is 1. The van der Waals surface area contributed by atoms with Crippen molar-refractivity contribution in [3.8, 4) is 0 Å². The fourth-order valence-corrected chi connectivity index (χ4v) is 1.53. The van der Waals surface area contributed by atoms with E-state index >= 15 is 0 Å². The monoisotopic (exact) mass is 301 g/mol. The van der Waals surface area contributed by atoms with Gasteiger partial charge in [0.05, 0.1) is 29.4 Å². The second kappa shape index (κ2) is 7.31. The van der Waals surface area contributed by atoms with Gasteiger partial charge in [0.2, 0.25) is 0 Å². The zero-order valence-electron chi connectivity index (χ0n) is 12.4. The van der Waals surface area contributed by atoms with E-state index < -0.39 is 30.4 Å². The molecule has 21 heavy (non-hydrogen) atoms. The van der Waals surface area contributed by atoms with Crippen molar-refractivity contribution >= 4 is 11.6 Å². The minimum Gasteiger partial charge on any atom is -0.387 e. The van der Waals surface area contributed by atoms with Gasteiger partial charge in [-0.05, 0) is 26.8 Å². The molecule has 0 aliphatic carbocycles. The van der Waals surface area contributed by atoms with Gasteiger partial charge in [-0.1, -0.05) is 0 Å². The molecule has 0 saturated heterocycles. The Hall–Kier alpha value is -1.76. The fourth-order valence-electron chi connectivity index (χ4n) is 1.53. The number of hydrogen-bond donors (Lipinski definition) is 3. The summed E-state index contributed by atoms with van der Waals surface area (Å²) in [7, 11) is 0. The van der Waals surface area contributed by atoms with E-state index in [-0.39, 0.29) is 12.1 Å². The first kappa shape index (κ1) is 17.3. The first-order valence-corrected chi connectivity index (χ1v) is 6.67. The summed E-state index contributed by atoms with van der Waals surface area (Å²) < 4.78 is 26.1. The maximum absolute atomic E-state index is 13.6. The summed E-state index contributed by atoms with van der Waals surface area (Å²) in [5, 5.41) is 14.7. The van der Waals surface area contributed by atoms with E-state index in [2.05, 4.69) is 15.6 Å². The number of halogens is 2. The number of nitrogens with zero attached hydrogens (tertiary/aromatic N) is 1. The molecule has 0 bridgehead atoms. The van der Waals surface area contributed by atoms with Gasteiger partial charge in [-0.25, -0.2) is 8.78 Å². The molecule has 0 fully saturated rings. The summed E-state index contributed by atoms with van der Waals surface area (Å²) in [6.45, 7) is 3.37. The third-order valence-corrected chi connectivity index (χ3v) is 2.91. The highest BCUT2D eigenvalue weighted by Gasteiger charge is 2.27. The number of aliphatic hydroxyl groups is 1. The van der Waals surface area contributed by atoms with Gasteiger partial charge >= 0.3 is 0 Å². The largest absolute Gasteiger partial charge is 0.387 e. The molecule has 1 amide bonds. The topological polar surface area (TPSA) is 74.2 Å². The van der Waals surface area contributed by atoms with E-state index in [0.29, 0.717) is 5.69 Å². The fraction of sp³-hybridized carbons (Fsp3) is 0.571. The molecule has 1 aromatic rings. The number of amides is 1. The summed E-state index contributed by atoms with van der Waals surface area (Å²) in [4.78, 5) is 15.9. The van der Waals surface area contributed by atoms with Crippen molar-refractivity contribution < 1.29 is 18.7 Å². The van der Waals surface area contributed by atoms with Crippen molar-refractivity contribution in [1.82, 2.24) is 10.3 Å². The number of hydrogen-bond acceptors (Lipinski definition) is 4. The van der Waals surface area contributed by atoms with Crippen LogP contribution in [0.4, 0.5) is 14.5 Å². The summed E-state index contributed by atoms with van der Waals surface area (Å²) in [5.41, 5.74) is -0.918. The number of rotatable bonds is 7. The molecule has 0 aliphatic rings. The van der Waals surface area contributed by atoms with E-state index in [9.17, 15) is 18.7 Å². The first-order valence-electron chi connectivity index (χ1n) is 6.67. The average Bonchev–Trinajstić information content (AvgIpc) is 2.43. The highest BCUT2D eigenvalue weighted by Crippen LogP contribution is 2.16. The third-order valence-electron chi connectivity index (χ3n) is 2.91. The van der Waals surface area contributed by atoms with Crippen molar-refractivity contribution in [2.75, 3.05) is 18.5 Å². The van der Waals surface area contributed by atoms with E-state index in [1.807, 2.05) is 0 Å². The lowest BCUT2D eigenvalue weighted by Crippen LogP contribution is -2.42. The van der Waals surface area contributed by atoms with Crippen LogP contribution in [0.25, 0.3) is 0 Å². The van der Waals surface area contributed by atoms with Gasteiger partial charge < -0.3 is 15.7 Å². The van der Waals surface area contributed by atoms with Crippen LogP contribution in [0.3, 0.4) is 0 Å². The van der Waals surface area contributed by atoms with Crippen LogP contribution in [0.5, 0.6) is 0 Å². The van der Waals surface area contributed by atoms with Crippen molar-refractivity contribution in [2.45, 2.75) is 38.6 Å². The standard InChI is InChI=1S/C14H21F2N3O2/c1-9(6-15)19-11-4-5-17-7-10(11)13(20)18-8-12(16)14(2,3)21/h4-5,7,9,12,21H,6,8H2,1-3H3,(H,17,19)(H,18,20)/t9-,12+/m0/s1. The van der Waals surface area contributed by atoms with Crippen LogP contribution < -0.4 is 10.6 Å². The number of aromatic nitrogens is 1. The second-order valence-corrected chi connectivity index (χ2v) is 5.45. The Labute approximate surface area is 122 Å². The molecular weight excluding hydrogens is 280 g/mol. The Morgan fingerprint density at radius 3 is 2.76 bits per heavy atom. The Morgan fingerprint density at radius 2 is 2.19 bits per heavy atom. The van der Waals surface area contributed by atoms with Crippen molar-refractivity contribution in [3.05, 3.63) is 24.0 Å². The Kier molecular flexibility index (Phi) is 6.02. The van der Waals surface area contributed by atoms with Crippen LogP contribution in [0, 0.1) is 0 Å². The maximum Gasteiger partial charge on any atom is 0.255 e. The lowest BCUT2D eigenvalue weighted by molar-refractivity contribution is -0.00177. The highest BCUT2D eigenvalue weighted by atomic mass is 19.1. The van der Waals surface area contributed by atoms with Gasteiger partial charge in [0, 0.05) is 12.4 Å². The minimum absolute atomic E-state index is 0.195. The molecule has 0 spiro atoms. The molecule has 2 atom stereocenters. The summed E-state index contributed by atoms with van der Waals surface area (Å²) in [5.74, 6) is -0.538. The smallest absolute Gasteiger partial charge is 0.255 e. The Morgan fingerprint density at radius 1 is 1.52 bits per heavy atom. The molecule has 0 radical (unpaired) electrons. The SMILES string of the molecule is C[C@@H](CF)Nc1ccncc1C(=O)NC[C@@H](F)C(C)(C)O. The lowest BCUT2D eigenvalue weighted by atomic mass is 10.0. The van der Waals surface area contributed by atoms with Crippen LogP contribution in [0.1, 0.15) is 31.1 Å². The van der Waals surface area contributed by atoms with Crippen LogP contribution in [0.15, 0.2) is 18.5 Å². The summed E-state index contributed by atoms with van der Waals surface area (Å²) >= 11 is 0. The van der Waals surface area contributed by atoms with Gasteiger partial charge in [-0.2, -0.15) is 0 Å². The Balaban J connectivity index is 2.74. The number of nitrogens with one attached hydrogen (secondary N) is 2. The molecule has 118 valence electrons. The highest BCUT2D eigenvalue weighted by molar-refractivity contribution is 5.99. The van der Waals surface area contributed by atoms with Gasteiger partial charge in [-0.3, -0.25) is 9.78 Å². The molecule has 1 heterocycles. The summed E-state index contributed by atoms with van der Waals surface area (Å²) in [6, 6.07) is 1.09. The number of alkyl halides is 2. The second-order valence-electron chi connectivity index (χ2n) is 5.45. The number of anilines is 1. The van der Waals surface area contributed by atoms with Crippen molar-refractivity contribution in [2.24, 2.45) is 0 Å². The van der Waals surface area contributed by atoms with E-state index in [1.165, 1.54) is 26.2 Å². The van der Waals surface area contributed by atoms with E-state index in [1.54, 1.807) is 13.0 Å². The lowest BCUT2D eigenvalue weighted by Gasteiger charge is -2.22.